The van der Waals surface area contributed by atoms with Gasteiger partial charge in [-0.3, -0.25) is 4.79 Å². The molecule has 0 aliphatic carbocycles. The molecule has 9 heteroatoms. The highest BCUT2D eigenvalue weighted by molar-refractivity contribution is 7.89. The highest BCUT2D eigenvalue weighted by atomic mass is 32.2. The predicted molar refractivity (Wildman–Crippen MR) is 117 cm³/mol. The highest BCUT2D eigenvalue weighted by Gasteiger charge is 2.32. The zero-order chi connectivity index (χ0) is 22.3. The van der Waals surface area contributed by atoms with Crippen LogP contribution < -0.4 is 11.1 Å². The minimum absolute atomic E-state index is 0.211. The third-order valence-corrected chi connectivity index (χ3v) is 7.62. The summed E-state index contributed by atoms with van der Waals surface area (Å²) in [7, 11) is -3.61. The van der Waals surface area contributed by atoms with Gasteiger partial charge in [0, 0.05) is 26.2 Å². The van der Waals surface area contributed by atoms with Crippen LogP contribution in [0.2, 0.25) is 0 Å². The lowest BCUT2D eigenvalue weighted by molar-refractivity contribution is -0.134. The van der Waals surface area contributed by atoms with E-state index in [0.717, 1.165) is 24.8 Å². The molecule has 0 radical (unpaired) electrons. The van der Waals surface area contributed by atoms with Crippen LogP contribution in [0.5, 0.6) is 0 Å². The molecule has 0 saturated carbocycles. The Bertz CT molecular complexity index is 818. The summed E-state index contributed by atoms with van der Waals surface area (Å²) >= 11 is 0. The number of carbonyl (C=O) groups is 2. The Labute approximate surface area is 179 Å². The first kappa shape index (κ1) is 24.1. The van der Waals surface area contributed by atoms with E-state index in [1.807, 2.05) is 19.1 Å². The van der Waals surface area contributed by atoms with Gasteiger partial charge in [-0.05, 0) is 36.5 Å². The molecule has 1 aromatic carbocycles. The molecule has 0 spiro atoms. The molecule has 3 N–H and O–H groups in total. The lowest BCUT2D eigenvalue weighted by Crippen LogP contribution is -2.56. The van der Waals surface area contributed by atoms with E-state index in [9.17, 15) is 18.0 Å². The first-order valence-electron chi connectivity index (χ1n) is 10.7. The van der Waals surface area contributed by atoms with Gasteiger partial charge in [-0.15, -0.1) is 0 Å². The molecule has 3 amide bonds. The summed E-state index contributed by atoms with van der Waals surface area (Å²) in [5.41, 5.74) is 6.32. The Morgan fingerprint density at radius 1 is 1.10 bits per heavy atom. The average Bonchev–Trinajstić information content (AvgIpc) is 2.75. The maximum absolute atomic E-state index is 13.0. The Morgan fingerprint density at radius 2 is 1.70 bits per heavy atom. The van der Waals surface area contributed by atoms with Crippen molar-refractivity contribution in [3.63, 3.8) is 0 Å². The van der Waals surface area contributed by atoms with Crippen molar-refractivity contribution >= 4 is 22.0 Å². The molecule has 1 heterocycles. The number of urea groups is 1. The van der Waals surface area contributed by atoms with Gasteiger partial charge in [0.15, 0.2) is 0 Å². The van der Waals surface area contributed by atoms with E-state index in [0.29, 0.717) is 12.3 Å². The zero-order valence-corrected chi connectivity index (χ0v) is 19.0. The van der Waals surface area contributed by atoms with Crippen LogP contribution >= 0.6 is 0 Å². The monoisotopic (exact) mass is 438 g/mol. The van der Waals surface area contributed by atoms with E-state index in [1.165, 1.54) is 4.31 Å². The second kappa shape index (κ2) is 10.8. The second-order valence-corrected chi connectivity index (χ2v) is 9.75. The molecule has 1 aliphatic heterocycles. The number of primary amides is 1. The summed E-state index contributed by atoms with van der Waals surface area (Å²) in [6, 6.07) is 5.66. The van der Waals surface area contributed by atoms with E-state index in [4.69, 9.17) is 5.73 Å². The standard InChI is InChI=1S/C21H34N4O4S/c1-4-6-7-19(23-21(22)27)20(26)24-12-14-25(15-13-24)30(28,29)18-10-8-17(9-11-18)16(3)5-2/h8-11,16,19H,4-7,12-15H2,1-3H3,(H3,22,23,27). The van der Waals surface area contributed by atoms with Crippen molar-refractivity contribution in [3.8, 4) is 0 Å². The predicted octanol–water partition coefficient (Wildman–Crippen LogP) is 2.26. The molecule has 0 bridgehead atoms. The maximum atomic E-state index is 13.0. The highest BCUT2D eigenvalue weighted by Crippen LogP contribution is 2.23. The van der Waals surface area contributed by atoms with Gasteiger partial charge in [0.25, 0.3) is 0 Å². The first-order valence-corrected chi connectivity index (χ1v) is 12.1. The molecular formula is C21H34N4O4S. The summed E-state index contributed by atoms with van der Waals surface area (Å²) in [6.07, 6.45) is 3.19. The van der Waals surface area contributed by atoms with Crippen LogP contribution in [-0.4, -0.2) is 61.8 Å². The number of nitrogens with two attached hydrogens (primary N) is 1. The number of carbonyl (C=O) groups excluding carboxylic acids is 2. The number of nitrogens with one attached hydrogen (secondary N) is 1. The number of nitrogens with zero attached hydrogens (tertiary/aromatic N) is 2. The second-order valence-electron chi connectivity index (χ2n) is 7.81. The Kier molecular flexibility index (Phi) is 8.66. The van der Waals surface area contributed by atoms with Crippen LogP contribution in [0.15, 0.2) is 29.2 Å². The molecule has 1 aliphatic rings. The minimum atomic E-state index is -3.61. The van der Waals surface area contributed by atoms with Crippen molar-refractivity contribution in [1.29, 1.82) is 0 Å². The normalized spacial score (nSPS) is 17.4. The summed E-state index contributed by atoms with van der Waals surface area (Å²) < 4.78 is 27.4. The van der Waals surface area contributed by atoms with Crippen molar-refractivity contribution < 1.29 is 18.0 Å². The lowest BCUT2D eigenvalue weighted by Gasteiger charge is -2.35. The molecule has 30 heavy (non-hydrogen) atoms. The van der Waals surface area contributed by atoms with Crippen molar-refractivity contribution in [2.24, 2.45) is 5.73 Å². The third kappa shape index (κ3) is 5.95. The number of benzene rings is 1. The van der Waals surface area contributed by atoms with E-state index < -0.39 is 22.1 Å². The molecular weight excluding hydrogens is 404 g/mol. The number of unbranched alkanes of at least 4 members (excludes halogenated alkanes) is 1. The summed E-state index contributed by atoms with van der Waals surface area (Å²) in [6.45, 7) is 7.22. The van der Waals surface area contributed by atoms with Crippen molar-refractivity contribution in [2.75, 3.05) is 26.2 Å². The number of amides is 3. The fraction of sp³-hybridized carbons (Fsp3) is 0.619. The fourth-order valence-electron chi connectivity index (χ4n) is 3.56. The Balaban J connectivity index is 2.02. The van der Waals surface area contributed by atoms with Gasteiger partial charge in [0.05, 0.1) is 4.90 Å². The van der Waals surface area contributed by atoms with E-state index >= 15 is 0 Å². The molecule has 8 nitrogen and oxygen atoms in total. The number of piperazine rings is 1. The molecule has 1 saturated heterocycles. The van der Waals surface area contributed by atoms with E-state index in [2.05, 4.69) is 19.2 Å². The zero-order valence-electron chi connectivity index (χ0n) is 18.1. The summed E-state index contributed by atoms with van der Waals surface area (Å²) in [5, 5.41) is 2.51. The van der Waals surface area contributed by atoms with Crippen LogP contribution in [0.25, 0.3) is 0 Å². The number of hydrogen-bond donors (Lipinski definition) is 2. The average molecular weight is 439 g/mol. The van der Waals surface area contributed by atoms with Crippen LogP contribution in [0, 0.1) is 0 Å². The molecule has 0 aromatic heterocycles. The molecule has 1 aromatic rings. The first-order chi connectivity index (χ1) is 14.2. The molecule has 168 valence electrons. The van der Waals surface area contributed by atoms with Gasteiger partial charge in [0.1, 0.15) is 6.04 Å². The van der Waals surface area contributed by atoms with Gasteiger partial charge in [-0.25, -0.2) is 13.2 Å². The van der Waals surface area contributed by atoms with Gasteiger partial charge in [0.2, 0.25) is 15.9 Å². The van der Waals surface area contributed by atoms with Gasteiger partial charge in [-0.1, -0.05) is 45.7 Å². The largest absolute Gasteiger partial charge is 0.352 e. The summed E-state index contributed by atoms with van der Waals surface area (Å²) in [4.78, 5) is 25.9. The van der Waals surface area contributed by atoms with E-state index in [-0.39, 0.29) is 37.0 Å². The Morgan fingerprint density at radius 3 is 2.20 bits per heavy atom. The van der Waals surface area contributed by atoms with Gasteiger partial charge >= 0.3 is 6.03 Å². The third-order valence-electron chi connectivity index (χ3n) is 5.71. The van der Waals surface area contributed by atoms with Crippen molar-refractivity contribution in [1.82, 2.24) is 14.5 Å². The van der Waals surface area contributed by atoms with Crippen LogP contribution in [0.1, 0.15) is 57.9 Å². The fourth-order valence-corrected chi connectivity index (χ4v) is 4.98. The van der Waals surface area contributed by atoms with Gasteiger partial charge < -0.3 is 16.0 Å². The van der Waals surface area contributed by atoms with Gasteiger partial charge in [-0.2, -0.15) is 4.31 Å². The molecule has 1 fully saturated rings. The minimum Gasteiger partial charge on any atom is -0.352 e. The van der Waals surface area contributed by atoms with Crippen molar-refractivity contribution in [3.05, 3.63) is 29.8 Å². The smallest absolute Gasteiger partial charge is 0.312 e. The van der Waals surface area contributed by atoms with Crippen LogP contribution in [0.4, 0.5) is 4.79 Å². The quantitative estimate of drug-likeness (QED) is 0.616. The maximum Gasteiger partial charge on any atom is 0.312 e. The molecule has 2 unspecified atom stereocenters. The molecule has 2 atom stereocenters. The van der Waals surface area contributed by atoms with Crippen LogP contribution in [0.3, 0.4) is 0 Å². The SMILES string of the molecule is CCCCC(NC(N)=O)C(=O)N1CCN(S(=O)(=O)c2ccc(C(C)CC)cc2)CC1. The van der Waals surface area contributed by atoms with Crippen LogP contribution in [-0.2, 0) is 14.8 Å². The topological polar surface area (TPSA) is 113 Å². The molecule has 2 rings (SSSR count). The number of hydrogen-bond acceptors (Lipinski definition) is 4. The summed E-state index contributed by atoms with van der Waals surface area (Å²) in [5.74, 6) is 0.170. The number of rotatable bonds is 9. The van der Waals surface area contributed by atoms with Crippen molar-refractivity contribution in [2.45, 2.75) is 63.3 Å². The van der Waals surface area contributed by atoms with E-state index in [1.54, 1.807) is 17.0 Å². The Hall–Kier alpha value is -2.13. The lowest BCUT2D eigenvalue weighted by atomic mass is 9.99. The number of sulfonamides is 1.